The van der Waals surface area contributed by atoms with Gasteiger partial charge in [-0.2, -0.15) is 0 Å². The summed E-state index contributed by atoms with van der Waals surface area (Å²) in [6, 6.07) is 12.6. The average Bonchev–Trinajstić information content (AvgIpc) is 3.55. The van der Waals surface area contributed by atoms with E-state index in [1.807, 2.05) is 43.8 Å². The Morgan fingerprint density at radius 3 is 2.74 bits per heavy atom. The van der Waals surface area contributed by atoms with Gasteiger partial charge in [-0.25, -0.2) is 4.98 Å². The third-order valence-corrected chi connectivity index (χ3v) is 8.25. The number of aliphatic hydroxyl groups is 1. The molecule has 1 aliphatic heterocycles. The maximum Gasteiger partial charge on any atom is 0.160 e. The molecule has 4 aromatic rings. The third kappa shape index (κ3) is 5.73. The van der Waals surface area contributed by atoms with Crippen molar-refractivity contribution in [1.29, 1.82) is 0 Å². The second-order valence-electron chi connectivity index (χ2n) is 10.9. The Bertz CT molecular complexity index is 1570. The van der Waals surface area contributed by atoms with E-state index >= 15 is 0 Å². The largest absolute Gasteiger partial charge is 0.508 e. The molecule has 4 N–H and O–H groups in total. The van der Waals surface area contributed by atoms with Crippen LogP contribution >= 0.6 is 0 Å². The monoisotopic (exact) mass is 587 g/mol. The minimum atomic E-state index is -0.476. The fourth-order valence-corrected chi connectivity index (χ4v) is 6.35. The van der Waals surface area contributed by atoms with E-state index in [1.165, 1.54) is 7.11 Å². The lowest BCUT2D eigenvalue weighted by Crippen LogP contribution is -2.36. The summed E-state index contributed by atoms with van der Waals surface area (Å²) in [7, 11) is 3.35. The number of nitrogens with one attached hydrogen (secondary N) is 1. The van der Waals surface area contributed by atoms with Crippen molar-refractivity contribution in [2.24, 2.45) is 0 Å². The zero-order valence-corrected chi connectivity index (χ0v) is 24.3. The molecule has 3 aromatic carbocycles. The van der Waals surface area contributed by atoms with Crippen LogP contribution in [0.1, 0.15) is 40.7 Å². The van der Waals surface area contributed by atoms with Gasteiger partial charge < -0.3 is 38.8 Å². The number of ether oxygens (including phenoxy) is 4. The molecule has 1 aromatic heterocycles. The lowest BCUT2D eigenvalue weighted by Gasteiger charge is -2.39. The van der Waals surface area contributed by atoms with E-state index in [2.05, 4.69) is 14.9 Å². The molecule has 10 heteroatoms. The molecular formula is C33H37N3O7. The third-order valence-electron chi connectivity index (χ3n) is 8.25. The van der Waals surface area contributed by atoms with Crippen molar-refractivity contribution in [2.75, 3.05) is 34.1 Å². The number of phenolic OH excluding ortho intramolecular Hbond substituents is 2. The number of fused-ring (bicyclic) bond motifs is 5. The second-order valence-corrected chi connectivity index (χ2v) is 10.9. The predicted octanol–water partition coefficient (Wildman–Crippen LogP) is 4.31. The molecule has 0 saturated carbocycles. The van der Waals surface area contributed by atoms with Crippen molar-refractivity contribution in [3.05, 3.63) is 83.4 Å². The minimum Gasteiger partial charge on any atom is -0.508 e. The molecule has 3 unspecified atom stereocenters. The van der Waals surface area contributed by atoms with Gasteiger partial charge in [0.25, 0.3) is 0 Å². The number of methoxy groups -OCH3 is 1. The lowest BCUT2D eigenvalue weighted by molar-refractivity contribution is -0.0429. The van der Waals surface area contributed by atoms with Crippen LogP contribution in [0.3, 0.4) is 0 Å². The highest BCUT2D eigenvalue weighted by atomic mass is 16.6. The van der Waals surface area contributed by atoms with E-state index in [0.717, 1.165) is 52.8 Å². The molecule has 0 amide bonds. The van der Waals surface area contributed by atoms with E-state index in [0.29, 0.717) is 30.4 Å². The molecule has 1 aliphatic carbocycles. The molecule has 0 fully saturated rings. The molecule has 0 radical (unpaired) electrons. The molecule has 2 aliphatic rings. The van der Waals surface area contributed by atoms with E-state index < -0.39 is 6.10 Å². The van der Waals surface area contributed by atoms with Gasteiger partial charge in [-0.15, -0.1) is 0 Å². The Morgan fingerprint density at radius 2 is 1.98 bits per heavy atom. The molecule has 6 rings (SSSR count). The normalized spacial score (nSPS) is 18.7. The summed E-state index contributed by atoms with van der Waals surface area (Å²) in [4.78, 5) is 4.21. The van der Waals surface area contributed by atoms with Crippen molar-refractivity contribution in [1.82, 2.24) is 14.9 Å². The van der Waals surface area contributed by atoms with Crippen molar-refractivity contribution < 1.29 is 34.3 Å². The van der Waals surface area contributed by atoms with Gasteiger partial charge in [-0.1, -0.05) is 12.1 Å². The van der Waals surface area contributed by atoms with Crippen molar-refractivity contribution in [3.8, 4) is 39.9 Å². The SMILES string of the molecule is CNCOC1Cc2c(cc(OCCO)c3c2C(CCn2ccnc2)Cc2cc(O)ccc2-3)OC1c1ccc(O)c(OC)c1. The van der Waals surface area contributed by atoms with Crippen LogP contribution in [0.15, 0.2) is 61.2 Å². The van der Waals surface area contributed by atoms with Gasteiger partial charge in [0.15, 0.2) is 17.6 Å². The van der Waals surface area contributed by atoms with Crippen molar-refractivity contribution in [3.63, 3.8) is 0 Å². The number of aromatic nitrogens is 2. The van der Waals surface area contributed by atoms with Crippen LogP contribution in [0.5, 0.6) is 28.7 Å². The van der Waals surface area contributed by atoms with Crippen LogP contribution in [0.2, 0.25) is 0 Å². The van der Waals surface area contributed by atoms with Gasteiger partial charge in [-0.3, -0.25) is 5.32 Å². The van der Waals surface area contributed by atoms with E-state index in [-0.39, 0.29) is 36.7 Å². The van der Waals surface area contributed by atoms with Crippen LogP contribution in [-0.2, 0) is 24.1 Å². The highest BCUT2D eigenvalue weighted by Gasteiger charge is 2.39. The number of aryl methyl sites for hydroxylation is 1. The zero-order chi connectivity index (χ0) is 29.9. The first kappa shape index (κ1) is 28.9. The van der Waals surface area contributed by atoms with Crippen LogP contribution in [-0.4, -0.2) is 65.1 Å². The number of phenols is 2. The lowest BCUT2D eigenvalue weighted by atomic mass is 9.73. The van der Waals surface area contributed by atoms with Crippen molar-refractivity contribution in [2.45, 2.75) is 43.9 Å². The highest BCUT2D eigenvalue weighted by molar-refractivity contribution is 5.83. The van der Waals surface area contributed by atoms with Gasteiger partial charge in [0, 0.05) is 42.6 Å². The van der Waals surface area contributed by atoms with Crippen LogP contribution in [0, 0.1) is 0 Å². The summed E-state index contributed by atoms with van der Waals surface area (Å²) >= 11 is 0. The quantitative estimate of drug-likeness (QED) is 0.190. The summed E-state index contributed by atoms with van der Waals surface area (Å²) in [6.07, 6.45) is 6.90. The average molecular weight is 588 g/mol. The molecule has 226 valence electrons. The molecule has 2 heterocycles. The molecule has 43 heavy (non-hydrogen) atoms. The summed E-state index contributed by atoms with van der Waals surface area (Å²) in [6.45, 7) is 1.10. The Kier molecular flexibility index (Phi) is 8.42. The first-order valence-electron chi connectivity index (χ1n) is 14.5. The first-order valence-corrected chi connectivity index (χ1v) is 14.5. The zero-order valence-electron chi connectivity index (χ0n) is 24.3. The number of hydrogen-bond donors (Lipinski definition) is 4. The second kappa shape index (κ2) is 12.5. The van der Waals surface area contributed by atoms with Gasteiger partial charge in [0.2, 0.25) is 0 Å². The van der Waals surface area contributed by atoms with Crippen LogP contribution < -0.4 is 19.5 Å². The maximum absolute atomic E-state index is 10.4. The van der Waals surface area contributed by atoms with Gasteiger partial charge >= 0.3 is 0 Å². The number of nitrogens with zero attached hydrogens (tertiary/aromatic N) is 2. The molecule has 0 spiro atoms. The molecule has 3 atom stereocenters. The Hall–Kier alpha value is -4.25. The van der Waals surface area contributed by atoms with Gasteiger partial charge in [0.05, 0.1) is 26.8 Å². The number of rotatable bonds is 11. The Morgan fingerprint density at radius 1 is 1.09 bits per heavy atom. The van der Waals surface area contributed by atoms with E-state index in [9.17, 15) is 15.3 Å². The van der Waals surface area contributed by atoms with Gasteiger partial charge in [-0.05, 0) is 72.3 Å². The van der Waals surface area contributed by atoms with Crippen LogP contribution in [0.25, 0.3) is 11.1 Å². The number of aliphatic hydroxyl groups excluding tert-OH is 1. The number of imidazole rings is 1. The Labute approximate surface area is 250 Å². The van der Waals surface area contributed by atoms with Gasteiger partial charge in [0.1, 0.15) is 30.0 Å². The van der Waals surface area contributed by atoms with E-state index in [1.54, 1.807) is 24.4 Å². The molecule has 0 saturated heterocycles. The molecule has 10 nitrogen and oxygen atoms in total. The maximum atomic E-state index is 10.4. The fraction of sp³-hybridized carbons (Fsp3) is 0.364. The number of benzene rings is 3. The molecular weight excluding hydrogens is 550 g/mol. The summed E-state index contributed by atoms with van der Waals surface area (Å²) < 4.78 is 26.8. The standard InChI is InChI=1S/C33H37N3O7/c1-34-19-42-30-16-25-27(43-33(30)21-3-6-26(39)28(15-21)40-2)17-29(41-12-11-37)32-24-5-4-23(38)14-22(24)13-20(31(25)32)7-9-36-10-8-35-18-36/h3-6,8,10,14-15,17-18,20,30,33-34,37-39H,7,9,11-13,16,19H2,1-2H3. The van der Waals surface area contributed by atoms with Crippen molar-refractivity contribution >= 4 is 0 Å². The van der Waals surface area contributed by atoms with E-state index in [4.69, 9.17) is 18.9 Å². The summed E-state index contributed by atoms with van der Waals surface area (Å²) in [5.74, 6) is 2.05. The minimum absolute atomic E-state index is 0.0503. The highest BCUT2D eigenvalue weighted by Crippen LogP contribution is 2.53. The summed E-state index contributed by atoms with van der Waals surface area (Å²) in [5, 5.41) is 33.4. The summed E-state index contributed by atoms with van der Waals surface area (Å²) in [5.41, 5.74) is 6.03. The topological polar surface area (TPSA) is 127 Å². The number of aromatic hydroxyl groups is 2. The first-order chi connectivity index (χ1) is 21.0. The fourth-order valence-electron chi connectivity index (χ4n) is 6.35. The molecule has 0 bridgehead atoms. The van der Waals surface area contributed by atoms with Crippen LogP contribution in [0.4, 0.5) is 0 Å². The Balaban J connectivity index is 1.50. The predicted molar refractivity (Wildman–Crippen MR) is 160 cm³/mol. The smallest absolute Gasteiger partial charge is 0.160 e. The number of hydrogen-bond acceptors (Lipinski definition) is 9.